The van der Waals surface area contributed by atoms with Crippen molar-refractivity contribution < 1.29 is 15.0 Å². The molecular formula is C6H11NO3. The minimum absolute atomic E-state index is 0.377. The number of aliphatic hydroxyl groups is 2. The van der Waals surface area contributed by atoms with E-state index in [-0.39, 0.29) is 6.04 Å². The van der Waals surface area contributed by atoms with Crippen molar-refractivity contribution in [2.75, 3.05) is 6.54 Å². The van der Waals surface area contributed by atoms with E-state index in [1.807, 2.05) is 0 Å². The first-order valence-electron chi connectivity index (χ1n) is 3.33. The van der Waals surface area contributed by atoms with Gasteiger partial charge in [0, 0.05) is 6.54 Å². The summed E-state index contributed by atoms with van der Waals surface area (Å²) in [5, 5.41) is 17.4. The predicted molar refractivity (Wildman–Crippen MR) is 34.0 cm³/mol. The van der Waals surface area contributed by atoms with Crippen LogP contribution in [0.5, 0.6) is 0 Å². The van der Waals surface area contributed by atoms with Gasteiger partial charge >= 0.3 is 0 Å². The van der Waals surface area contributed by atoms with Gasteiger partial charge in [-0.25, -0.2) is 0 Å². The zero-order valence-corrected chi connectivity index (χ0v) is 5.60. The predicted octanol–water partition coefficient (Wildman–Crippen LogP) is -1.08. The second kappa shape index (κ2) is 2.98. The van der Waals surface area contributed by atoms with Crippen LogP contribution in [0, 0.1) is 0 Å². The van der Waals surface area contributed by atoms with E-state index in [0.29, 0.717) is 19.4 Å². The lowest BCUT2D eigenvalue weighted by atomic mass is 10.2. The maximum absolute atomic E-state index is 10.2. The lowest BCUT2D eigenvalue weighted by Crippen LogP contribution is -2.37. The van der Waals surface area contributed by atoms with E-state index in [1.54, 1.807) is 0 Å². The van der Waals surface area contributed by atoms with Crippen LogP contribution in [0.3, 0.4) is 0 Å². The molecule has 1 aliphatic heterocycles. The Morgan fingerprint density at radius 3 is 2.70 bits per heavy atom. The van der Waals surface area contributed by atoms with Crippen LogP contribution in [0.2, 0.25) is 0 Å². The highest BCUT2D eigenvalue weighted by Gasteiger charge is 2.27. The third-order valence-corrected chi connectivity index (χ3v) is 1.82. The van der Waals surface area contributed by atoms with E-state index in [4.69, 9.17) is 10.2 Å². The van der Waals surface area contributed by atoms with Crippen molar-refractivity contribution in [1.82, 2.24) is 4.90 Å². The second-order valence-corrected chi connectivity index (χ2v) is 2.47. The molecule has 4 nitrogen and oxygen atoms in total. The van der Waals surface area contributed by atoms with Crippen molar-refractivity contribution in [2.45, 2.75) is 25.2 Å². The van der Waals surface area contributed by atoms with Gasteiger partial charge in [-0.1, -0.05) is 0 Å². The van der Waals surface area contributed by atoms with E-state index in [2.05, 4.69) is 0 Å². The molecule has 0 radical (unpaired) electrons. The minimum Gasteiger partial charge on any atom is -0.366 e. The molecule has 0 aromatic carbocycles. The van der Waals surface area contributed by atoms with E-state index < -0.39 is 6.29 Å². The molecule has 1 atom stereocenters. The quantitative estimate of drug-likeness (QED) is 0.383. The molecule has 4 heteroatoms. The van der Waals surface area contributed by atoms with Crippen LogP contribution >= 0.6 is 0 Å². The highest BCUT2D eigenvalue weighted by atomic mass is 16.5. The Kier molecular flexibility index (Phi) is 2.24. The second-order valence-electron chi connectivity index (χ2n) is 2.47. The Bertz CT molecular complexity index is 126. The molecule has 1 saturated heterocycles. The van der Waals surface area contributed by atoms with Gasteiger partial charge in [0.15, 0.2) is 6.29 Å². The molecule has 1 aliphatic rings. The van der Waals surface area contributed by atoms with Crippen LogP contribution in [-0.4, -0.2) is 40.4 Å². The maximum Gasteiger partial charge on any atom is 0.210 e. The molecule has 1 amide bonds. The largest absolute Gasteiger partial charge is 0.366 e. The van der Waals surface area contributed by atoms with Gasteiger partial charge in [-0.15, -0.1) is 0 Å². The first-order chi connectivity index (χ1) is 4.75. The lowest BCUT2D eigenvalue weighted by Gasteiger charge is -2.20. The molecule has 0 saturated carbocycles. The van der Waals surface area contributed by atoms with Gasteiger partial charge in [0.2, 0.25) is 6.41 Å². The molecule has 1 rings (SSSR count). The fourth-order valence-electron chi connectivity index (χ4n) is 1.27. The van der Waals surface area contributed by atoms with Crippen molar-refractivity contribution in [3.05, 3.63) is 0 Å². The number of hydrogen-bond acceptors (Lipinski definition) is 3. The van der Waals surface area contributed by atoms with Gasteiger partial charge in [0.1, 0.15) is 0 Å². The highest BCUT2D eigenvalue weighted by Crippen LogP contribution is 2.16. The normalized spacial score (nSPS) is 25.9. The topological polar surface area (TPSA) is 60.8 Å². The smallest absolute Gasteiger partial charge is 0.210 e. The zero-order chi connectivity index (χ0) is 7.56. The highest BCUT2D eigenvalue weighted by molar-refractivity contribution is 5.48. The van der Waals surface area contributed by atoms with Crippen molar-refractivity contribution in [2.24, 2.45) is 0 Å². The van der Waals surface area contributed by atoms with E-state index in [1.165, 1.54) is 4.90 Å². The molecule has 10 heavy (non-hydrogen) atoms. The molecule has 1 fully saturated rings. The van der Waals surface area contributed by atoms with Crippen LogP contribution in [0.1, 0.15) is 12.8 Å². The number of hydrogen-bond donors (Lipinski definition) is 2. The zero-order valence-electron chi connectivity index (χ0n) is 5.60. The fraction of sp³-hybridized carbons (Fsp3) is 0.833. The van der Waals surface area contributed by atoms with Gasteiger partial charge < -0.3 is 15.1 Å². The number of likely N-dealkylation sites (tertiary alicyclic amines) is 1. The summed E-state index contributed by atoms with van der Waals surface area (Å²) >= 11 is 0. The van der Waals surface area contributed by atoms with Crippen LogP contribution in [0.25, 0.3) is 0 Å². The number of carbonyl (C=O) groups excluding carboxylic acids is 1. The number of rotatable bonds is 2. The molecule has 0 bridgehead atoms. The Labute approximate surface area is 59.1 Å². The summed E-state index contributed by atoms with van der Waals surface area (Å²) in [4.78, 5) is 11.6. The molecule has 2 N–H and O–H groups in total. The summed E-state index contributed by atoms with van der Waals surface area (Å²) < 4.78 is 0. The first-order valence-corrected chi connectivity index (χ1v) is 3.33. The molecular weight excluding hydrogens is 134 g/mol. The van der Waals surface area contributed by atoms with Crippen LogP contribution < -0.4 is 0 Å². The molecule has 1 heterocycles. The SMILES string of the molecule is O=CN1CCCC1C(O)O. The van der Waals surface area contributed by atoms with Crippen LogP contribution in [0.15, 0.2) is 0 Å². The summed E-state index contributed by atoms with van der Waals surface area (Å²) in [6.45, 7) is 0.645. The van der Waals surface area contributed by atoms with Crippen molar-refractivity contribution in [1.29, 1.82) is 0 Å². The number of aliphatic hydroxyl groups excluding tert-OH is 1. The van der Waals surface area contributed by atoms with Crippen molar-refractivity contribution in [3.8, 4) is 0 Å². The molecule has 1 unspecified atom stereocenters. The Morgan fingerprint density at radius 1 is 1.60 bits per heavy atom. The van der Waals surface area contributed by atoms with Gasteiger partial charge in [0.05, 0.1) is 6.04 Å². The van der Waals surface area contributed by atoms with Crippen molar-refractivity contribution in [3.63, 3.8) is 0 Å². The molecule has 58 valence electrons. The Hall–Kier alpha value is -0.610. The van der Waals surface area contributed by atoms with Crippen LogP contribution in [-0.2, 0) is 4.79 Å². The fourth-order valence-corrected chi connectivity index (χ4v) is 1.27. The maximum atomic E-state index is 10.2. The van der Waals surface area contributed by atoms with E-state index in [9.17, 15) is 4.79 Å². The van der Waals surface area contributed by atoms with Gasteiger partial charge in [-0.3, -0.25) is 4.79 Å². The van der Waals surface area contributed by atoms with E-state index >= 15 is 0 Å². The summed E-state index contributed by atoms with van der Waals surface area (Å²) in [5.41, 5.74) is 0. The number of nitrogens with zero attached hydrogens (tertiary/aromatic N) is 1. The summed E-state index contributed by atoms with van der Waals surface area (Å²) in [6.07, 6.45) is 0.835. The first kappa shape index (κ1) is 7.50. The van der Waals surface area contributed by atoms with Gasteiger partial charge in [-0.05, 0) is 12.8 Å². The van der Waals surface area contributed by atoms with Gasteiger partial charge in [0.25, 0.3) is 0 Å². The average molecular weight is 145 g/mol. The summed E-state index contributed by atoms with van der Waals surface area (Å²) in [6, 6.07) is -0.377. The molecule has 0 aliphatic carbocycles. The lowest BCUT2D eigenvalue weighted by molar-refractivity contribution is -0.130. The molecule has 0 spiro atoms. The average Bonchev–Trinajstić information content (AvgIpc) is 2.33. The third-order valence-electron chi connectivity index (χ3n) is 1.82. The Morgan fingerprint density at radius 2 is 2.30 bits per heavy atom. The van der Waals surface area contributed by atoms with Crippen molar-refractivity contribution >= 4 is 6.41 Å². The number of carbonyl (C=O) groups is 1. The number of amides is 1. The Balaban J connectivity index is 2.49. The third kappa shape index (κ3) is 1.27. The molecule has 0 aromatic heterocycles. The van der Waals surface area contributed by atoms with Gasteiger partial charge in [-0.2, -0.15) is 0 Å². The van der Waals surface area contributed by atoms with E-state index in [0.717, 1.165) is 6.42 Å². The summed E-state index contributed by atoms with van der Waals surface area (Å²) in [5.74, 6) is 0. The summed E-state index contributed by atoms with van der Waals surface area (Å²) in [7, 11) is 0. The molecule has 0 aromatic rings. The monoisotopic (exact) mass is 145 g/mol. The standard InChI is InChI=1S/C6H11NO3/c8-4-7-3-1-2-5(7)6(9)10/h4-6,9-10H,1-3H2. The van der Waals surface area contributed by atoms with Crippen LogP contribution in [0.4, 0.5) is 0 Å². The minimum atomic E-state index is -1.38.